The van der Waals surface area contributed by atoms with Crippen LogP contribution in [-0.4, -0.2) is 24.4 Å². The summed E-state index contributed by atoms with van der Waals surface area (Å²) in [5.74, 6) is -1.53. The van der Waals surface area contributed by atoms with Crippen molar-refractivity contribution in [1.82, 2.24) is 10.6 Å². The Morgan fingerprint density at radius 3 is 2.25 bits per heavy atom. The highest BCUT2D eigenvalue weighted by molar-refractivity contribution is 5.97. The van der Waals surface area contributed by atoms with Crippen LogP contribution in [0.3, 0.4) is 0 Å². The van der Waals surface area contributed by atoms with Gasteiger partial charge in [0.15, 0.2) is 0 Å². The van der Waals surface area contributed by atoms with Crippen LogP contribution >= 0.6 is 0 Å². The Morgan fingerprint density at radius 1 is 1.04 bits per heavy atom. The molecule has 1 atom stereocenters. The fourth-order valence-corrected chi connectivity index (χ4v) is 3.73. The minimum atomic E-state index is -0.722. The zero-order valence-electron chi connectivity index (χ0n) is 16.4. The quantitative estimate of drug-likeness (QED) is 0.765. The molecule has 1 saturated carbocycles. The van der Waals surface area contributed by atoms with Crippen molar-refractivity contribution in [2.24, 2.45) is 5.92 Å². The Balaban J connectivity index is 1.67. The van der Waals surface area contributed by atoms with E-state index in [1.54, 1.807) is 6.07 Å². The minimum Gasteiger partial charge on any atom is -0.353 e. The maximum atomic E-state index is 13.9. The van der Waals surface area contributed by atoms with Crippen LogP contribution in [0.15, 0.2) is 54.6 Å². The van der Waals surface area contributed by atoms with Gasteiger partial charge in [-0.1, -0.05) is 62.7 Å². The summed E-state index contributed by atoms with van der Waals surface area (Å²) in [5, 5.41) is 5.72. The van der Waals surface area contributed by atoms with E-state index in [2.05, 4.69) is 22.8 Å². The zero-order chi connectivity index (χ0) is 20.1. The maximum absolute atomic E-state index is 13.9. The van der Waals surface area contributed by atoms with E-state index in [0.29, 0.717) is 6.54 Å². The molecule has 2 amide bonds. The molecule has 148 valence electrons. The lowest BCUT2D eigenvalue weighted by atomic mass is 9.64. The summed E-state index contributed by atoms with van der Waals surface area (Å²) in [6, 6.07) is 15.3. The lowest BCUT2D eigenvalue weighted by molar-refractivity contribution is -0.124. The van der Waals surface area contributed by atoms with Gasteiger partial charge in [-0.3, -0.25) is 9.59 Å². The maximum Gasteiger partial charge on any atom is 0.254 e. The number of halogens is 1. The van der Waals surface area contributed by atoms with Crippen LogP contribution in [0.1, 0.15) is 49.0 Å². The molecule has 0 radical (unpaired) electrons. The second-order valence-electron chi connectivity index (χ2n) is 7.89. The summed E-state index contributed by atoms with van der Waals surface area (Å²) in [5.41, 5.74) is 1.15. The first-order chi connectivity index (χ1) is 13.4. The molecule has 0 aromatic heterocycles. The largest absolute Gasteiger partial charge is 0.353 e. The van der Waals surface area contributed by atoms with Crippen molar-refractivity contribution in [1.29, 1.82) is 0 Å². The van der Waals surface area contributed by atoms with Gasteiger partial charge in [-0.05, 0) is 36.5 Å². The minimum absolute atomic E-state index is 0.0337. The fraction of sp³-hybridized carbons (Fsp3) is 0.391. The molecule has 0 bridgehead atoms. The highest BCUT2D eigenvalue weighted by atomic mass is 19.1. The molecule has 0 aliphatic heterocycles. The van der Waals surface area contributed by atoms with E-state index in [-0.39, 0.29) is 22.8 Å². The van der Waals surface area contributed by atoms with Crippen molar-refractivity contribution >= 4 is 11.8 Å². The number of nitrogens with one attached hydrogen (secondary N) is 2. The number of hydrogen-bond donors (Lipinski definition) is 2. The van der Waals surface area contributed by atoms with Crippen molar-refractivity contribution in [2.45, 2.75) is 44.6 Å². The van der Waals surface area contributed by atoms with Crippen molar-refractivity contribution in [3.8, 4) is 0 Å². The number of benzene rings is 2. The Hall–Kier alpha value is -2.69. The van der Waals surface area contributed by atoms with Crippen molar-refractivity contribution < 1.29 is 14.0 Å². The van der Waals surface area contributed by atoms with Crippen molar-refractivity contribution in [2.75, 3.05) is 6.54 Å². The van der Waals surface area contributed by atoms with E-state index < -0.39 is 17.8 Å². The predicted octanol–water partition coefficient (Wildman–Crippen LogP) is 3.82. The first-order valence-electron chi connectivity index (χ1n) is 9.81. The van der Waals surface area contributed by atoms with Gasteiger partial charge in [0.1, 0.15) is 11.9 Å². The molecule has 2 aromatic rings. The van der Waals surface area contributed by atoms with Crippen LogP contribution in [0, 0.1) is 11.7 Å². The van der Waals surface area contributed by atoms with Crippen LogP contribution in [0.2, 0.25) is 0 Å². The topological polar surface area (TPSA) is 58.2 Å². The van der Waals surface area contributed by atoms with Crippen LogP contribution in [0.4, 0.5) is 4.39 Å². The van der Waals surface area contributed by atoms with Gasteiger partial charge < -0.3 is 10.6 Å². The lowest BCUT2D eigenvalue weighted by Gasteiger charge is -2.43. The first-order valence-corrected chi connectivity index (χ1v) is 9.81. The molecule has 1 fully saturated rings. The highest BCUT2D eigenvalue weighted by Crippen LogP contribution is 2.43. The van der Waals surface area contributed by atoms with E-state index in [4.69, 9.17) is 0 Å². The number of amides is 2. The Labute approximate surface area is 165 Å². The highest BCUT2D eigenvalue weighted by Gasteiger charge is 2.39. The van der Waals surface area contributed by atoms with Gasteiger partial charge >= 0.3 is 0 Å². The molecule has 2 aromatic carbocycles. The summed E-state index contributed by atoms with van der Waals surface area (Å²) in [4.78, 5) is 25.3. The summed E-state index contributed by atoms with van der Waals surface area (Å²) < 4.78 is 13.9. The molecule has 28 heavy (non-hydrogen) atoms. The third-order valence-electron chi connectivity index (χ3n) is 5.65. The average molecular weight is 382 g/mol. The van der Waals surface area contributed by atoms with Crippen molar-refractivity contribution in [3.63, 3.8) is 0 Å². The van der Waals surface area contributed by atoms with Crippen LogP contribution < -0.4 is 10.6 Å². The van der Waals surface area contributed by atoms with E-state index >= 15 is 0 Å². The molecule has 3 rings (SSSR count). The summed E-state index contributed by atoms with van der Waals surface area (Å²) in [7, 11) is 0. The molecule has 1 aliphatic carbocycles. The fourth-order valence-electron chi connectivity index (χ4n) is 3.73. The molecule has 4 nitrogen and oxygen atoms in total. The van der Waals surface area contributed by atoms with E-state index in [9.17, 15) is 14.0 Å². The van der Waals surface area contributed by atoms with Gasteiger partial charge in [-0.25, -0.2) is 4.39 Å². The van der Waals surface area contributed by atoms with E-state index in [0.717, 1.165) is 19.3 Å². The van der Waals surface area contributed by atoms with Crippen LogP contribution in [-0.2, 0) is 10.2 Å². The Kier molecular flexibility index (Phi) is 6.12. The van der Waals surface area contributed by atoms with Gasteiger partial charge in [0.25, 0.3) is 5.91 Å². The second-order valence-corrected chi connectivity index (χ2v) is 7.89. The molecular formula is C23H27FN2O2. The SMILES string of the molecule is CC(C)C(NC(=O)c1ccccc1F)C(=O)NCC1(c2ccccc2)CCC1. The van der Waals surface area contributed by atoms with Gasteiger partial charge in [0.2, 0.25) is 5.91 Å². The smallest absolute Gasteiger partial charge is 0.254 e. The van der Waals surface area contributed by atoms with Gasteiger partial charge in [-0.2, -0.15) is 0 Å². The number of rotatable bonds is 7. The summed E-state index contributed by atoms with van der Waals surface area (Å²) in [6.07, 6.45) is 3.21. The summed E-state index contributed by atoms with van der Waals surface area (Å²) >= 11 is 0. The van der Waals surface area contributed by atoms with Gasteiger partial charge in [0.05, 0.1) is 5.56 Å². The molecule has 1 unspecified atom stereocenters. The molecule has 1 aliphatic rings. The number of carbonyl (C=O) groups excluding carboxylic acids is 2. The standard InChI is InChI=1S/C23H27FN2O2/c1-16(2)20(26-21(27)18-11-6-7-12-19(18)24)22(28)25-15-23(13-8-14-23)17-9-4-3-5-10-17/h3-7,9-12,16,20H,8,13-15H2,1-2H3,(H,25,28)(H,26,27). The molecule has 2 N–H and O–H groups in total. The molecular weight excluding hydrogens is 355 g/mol. The zero-order valence-corrected chi connectivity index (χ0v) is 16.4. The van der Waals surface area contributed by atoms with Gasteiger partial charge in [0, 0.05) is 12.0 Å². The van der Waals surface area contributed by atoms with Crippen LogP contribution in [0.5, 0.6) is 0 Å². The van der Waals surface area contributed by atoms with Crippen molar-refractivity contribution in [3.05, 3.63) is 71.5 Å². The number of hydrogen-bond acceptors (Lipinski definition) is 2. The Bertz CT molecular complexity index is 832. The first kappa shape index (κ1) is 20.1. The second kappa shape index (κ2) is 8.55. The Morgan fingerprint density at radius 2 is 1.68 bits per heavy atom. The molecule has 0 spiro atoms. The average Bonchev–Trinajstić information content (AvgIpc) is 2.66. The molecule has 0 saturated heterocycles. The summed E-state index contributed by atoms with van der Waals surface area (Å²) in [6.45, 7) is 4.26. The molecule has 5 heteroatoms. The number of carbonyl (C=O) groups is 2. The van der Waals surface area contributed by atoms with E-state index in [1.165, 1.54) is 23.8 Å². The monoisotopic (exact) mass is 382 g/mol. The van der Waals surface area contributed by atoms with Crippen LogP contribution in [0.25, 0.3) is 0 Å². The third-order valence-corrected chi connectivity index (χ3v) is 5.65. The van der Waals surface area contributed by atoms with Gasteiger partial charge in [-0.15, -0.1) is 0 Å². The predicted molar refractivity (Wildman–Crippen MR) is 107 cm³/mol. The third kappa shape index (κ3) is 4.24. The molecule has 0 heterocycles. The lowest BCUT2D eigenvalue weighted by Crippen LogP contribution is -2.53. The normalized spacial score (nSPS) is 16.1. The van der Waals surface area contributed by atoms with E-state index in [1.807, 2.05) is 32.0 Å².